The molecule has 1 N–H and O–H groups in total. The molecule has 0 radical (unpaired) electrons. The molecule has 1 rings (SSSR count). The minimum atomic E-state index is -1.04. The molecule has 0 bridgehead atoms. The summed E-state index contributed by atoms with van der Waals surface area (Å²) in [6.45, 7) is 2.66. The van der Waals surface area contributed by atoms with Gasteiger partial charge in [-0.1, -0.05) is 6.58 Å². The number of hydrogen-bond acceptors (Lipinski definition) is 2. The van der Waals surface area contributed by atoms with Gasteiger partial charge in [-0.25, -0.2) is 8.78 Å². The summed E-state index contributed by atoms with van der Waals surface area (Å²) in [5.74, 6) is -1.89. The first-order chi connectivity index (χ1) is 7.13. The lowest BCUT2D eigenvalue weighted by molar-refractivity contribution is -0.119. The molecule has 0 spiro atoms. The minimum Gasteiger partial charge on any atom is -0.346 e. The Labute approximate surface area is 85.6 Å². The van der Waals surface area contributed by atoms with Crippen molar-refractivity contribution in [3.8, 4) is 0 Å². The van der Waals surface area contributed by atoms with Crippen LogP contribution in [0.3, 0.4) is 0 Å². The fourth-order valence-corrected chi connectivity index (χ4v) is 0.985. The quantitative estimate of drug-likeness (QED) is 0.743. The second-order valence-corrected chi connectivity index (χ2v) is 2.89. The van der Waals surface area contributed by atoms with Crippen molar-refractivity contribution in [2.75, 3.05) is 6.67 Å². The number of alkyl halides is 1. The van der Waals surface area contributed by atoms with Gasteiger partial charge in [0, 0.05) is 18.3 Å². The van der Waals surface area contributed by atoms with Crippen LogP contribution in [0.2, 0.25) is 0 Å². The third kappa shape index (κ3) is 3.49. The summed E-state index contributed by atoms with van der Waals surface area (Å²) in [7, 11) is 0. The van der Waals surface area contributed by atoms with Gasteiger partial charge >= 0.3 is 0 Å². The van der Waals surface area contributed by atoms with E-state index in [1.165, 1.54) is 10.9 Å². The predicted octanol–water partition coefficient (Wildman–Crippen LogP) is 0.952. The normalized spacial score (nSPS) is 10.0. The molecule has 0 fully saturated rings. The molecular weight excluding hydrogens is 204 g/mol. The molecule has 4 nitrogen and oxygen atoms in total. The Morgan fingerprint density at radius 2 is 2.40 bits per heavy atom. The molecule has 1 aromatic heterocycles. The van der Waals surface area contributed by atoms with E-state index in [4.69, 9.17) is 0 Å². The second-order valence-electron chi connectivity index (χ2n) is 2.89. The van der Waals surface area contributed by atoms with E-state index in [1.807, 2.05) is 0 Å². The molecule has 6 heteroatoms. The van der Waals surface area contributed by atoms with Gasteiger partial charge in [0.1, 0.15) is 6.67 Å². The number of halogens is 2. The Kier molecular flexibility index (Phi) is 3.96. The van der Waals surface area contributed by atoms with Gasteiger partial charge in [0.15, 0.2) is 5.83 Å². The van der Waals surface area contributed by atoms with E-state index >= 15 is 0 Å². The van der Waals surface area contributed by atoms with Crippen LogP contribution >= 0.6 is 0 Å². The fourth-order valence-electron chi connectivity index (χ4n) is 0.985. The van der Waals surface area contributed by atoms with E-state index in [1.54, 1.807) is 6.20 Å². The predicted molar refractivity (Wildman–Crippen MR) is 50.3 cm³/mol. The molecule has 1 aromatic rings. The van der Waals surface area contributed by atoms with E-state index in [0.717, 1.165) is 0 Å². The maximum absolute atomic E-state index is 12.2. The first-order valence-electron chi connectivity index (χ1n) is 4.33. The van der Waals surface area contributed by atoms with Gasteiger partial charge in [-0.05, 0) is 0 Å². The Morgan fingerprint density at radius 1 is 1.67 bits per heavy atom. The number of rotatable bonds is 5. The van der Waals surface area contributed by atoms with E-state index in [0.29, 0.717) is 5.56 Å². The van der Waals surface area contributed by atoms with Gasteiger partial charge in [-0.15, -0.1) is 0 Å². The largest absolute Gasteiger partial charge is 0.346 e. The number of hydrogen-bond donors (Lipinski definition) is 1. The SMILES string of the molecule is C=C(F)C(=O)NCc1cnn(CCF)c1. The zero-order valence-electron chi connectivity index (χ0n) is 8.04. The van der Waals surface area contributed by atoms with Crippen molar-refractivity contribution >= 4 is 5.91 Å². The lowest BCUT2D eigenvalue weighted by Gasteiger charge is -1.99. The third-order valence-corrected chi connectivity index (χ3v) is 1.70. The van der Waals surface area contributed by atoms with Crippen molar-refractivity contribution in [3.63, 3.8) is 0 Å². The summed E-state index contributed by atoms with van der Waals surface area (Å²) in [5.41, 5.74) is 0.679. The molecule has 15 heavy (non-hydrogen) atoms. The molecule has 1 amide bonds. The van der Waals surface area contributed by atoms with E-state index in [9.17, 15) is 13.6 Å². The van der Waals surface area contributed by atoms with Crippen LogP contribution < -0.4 is 5.32 Å². The van der Waals surface area contributed by atoms with Crippen molar-refractivity contribution in [1.29, 1.82) is 0 Å². The molecular formula is C9H11F2N3O. The highest BCUT2D eigenvalue weighted by Gasteiger charge is 2.05. The van der Waals surface area contributed by atoms with Gasteiger partial charge in [0.05, 0.1) is 12.7 Å². The average molecular weight is 215 g/mol. The van der Waals surface area contributed by atoms with Crippen LogP contribution in [0.4, 0.5) is 8.78 Å². The summed E-state index contributed by atoms with van der Waals surface area (Å²) in [5, 5.41) is 6.13. The van der Waals surface area contributed by atoms with Crippen LogP contribution in [-0.2, 0) is 17.9 Å². The molecule has 82 valence electrons. The molecule has 0 saturated carbocycles. The Bertz CT molecular complexity index is 362. The lowest BCUT2D eigenvalue weighted by Crippen LogP contribution is -2.22. The average Bonchev–Trinajstić information content (AvgIpc) is 2.62. The molecule has 0 saturated heterocycles. The van der Waals surface area contributed by atoms with Gasteiger partial charge in [0.2, 0.25) is 0 Å². The van der Waals surface area contributed by atoms with E-state index in [2.05, 4.69) is 17.0 Å². The number of amides is 1. The van der Waals surface area contributed by atoms with Crippen molar-refractivity contribution in [3.05, 3.63) is 30.4 Å². The second kappa shape index (κ2) is 5.23. The summed E-state index contributed by atoms with van der Waals surface area (Å²) in [6.07, 6.45) is 3.07. The molecule has 0 aliphatic carbocycles. The van der Waals surface area contributed by atoms with Crippen LogP contribution in [0.1, 0.15) is 5.56 Å². The van der Waals surface area contributed by atoms with Crippen LogP contribution in [0, 0.1) is 0 Å². The number of nitrogens with one attached hydrogen (secondary N) is 1. The van der Waals surface area contributed by atoms with Gasteiger partial charge in [0.25, 0.3) is 5.91 Å². The highest BCUT2D eigenvalue weighted by Crippen LogP contribution is 1.98. The van der Waals surface area contributed by atoms with E-state index in [-0.39, 0.29) is 13.1 Å². The standard InChI is InChI=1S/C9H11F2N3O/c1-7(11)9(15)12-4-8-5-13-14(6-8)3-2-10/h5-6H,1-4H2,(H,12,15). The molecule has 0 atom stereocenters. The van der Waals surface area contributed by atoms with Crippen molar-refractivity contribution in [2.45, 2.75) is 13.1 Å². The number of carbonyl (C=O) groups excluding carboxylic acids is 1. The summed E-state index contributed by atoms with van der Waals surface area (Å²) < 4.78 is 25.6. The zero-order chi connectivity index (χ0) is 11.3. The Morgan fingerprint density at radius 3 is 3.00 bits per heavy atom. The van der Waals surface area contributed by atoms with Crippen molar-refractivity contribution in [2.24, 2.45) is 0 Å². The number of nitrogens with zero attached hydrogens (tertiary/aromatic N) is 2. The minimum absolute atomic E-state index is 0.147. The number of aromatic nitrogens is 2. The molecule has 0 aromatic carbocycles. The first kappa shape index (κ1) is 11.4. The van der Waals surface area contributed by atoms with Crippen LogP contribution in [0.15, 0.2) is 24.8 Å². The van der Waals surface area contributed by atoms with Crippen LogP contribution in [0.25, 0.3) is 0 Å². The summed E-state index contributed by atoms with van der Waals surface area (Å²) >= 11 is 0. The molecule has 0 aliphatic rings. The molecule has 1 heterocycles. The molecule has 0 unspecified atom stereocenters. The number of aryl methyl sites for hydroxylation is 1. The third-order valence-electron chi connectivity index (χ3n) is 1.70. The van der Waals surface area contributed by atoms with Gasteiger partial charge in [-0.3, -0.25) is 9.48 Å². The summed E-state index contributed by atoms with van der Waals surface area (Å²) in [6, 6.07) is 0. The number of carbonyl (C=O) groups is 1. The highest BCUT2D eigenvalue weighted by molar-refractivity contribution is 5.90. The maximum Gasteiger partial charge on any atom is 0.279 e. The topological polar surface area (TPSA) is 46.9 Å². The van der Waals surface area contributed by atoms with Crippen molar-refractivity contribution < 1.29 is 13.6 Å². The monoisotopic (exact) mass is 215 g/mol. The maximum atomic E-state index is 12.2. The molecule has 0 aliphatic heterocycles. The van der Waals surface area contributed by atoms with Crippen LogP contribution in [-0.4, -0.2) is 22.4 Å². The van der Waals surface area contributed by atoms with Gasteiger partial charge in [-0.2, -0.15) is 5.10 Å². The highest BCUT2D eigenvalue weighted by atomic mass is 19.1. The Balaban J connectivity index is 2.44. The van der Waals surface area contributed by atoms with Crippen LogP contribution in [0.5, 0.6) is 0 Å². The fraction of sp³-hybridized carbons (Fsp3) is 0.333. The van der Waals surface area contributed by atoms with Crippen molar-refractivity contribution in [1.82, 2.24) is 15.1 Å². The zero-order valence-corrected chi connectivity index (χ0v) is 8.04. The first-order valence-corrected chi connectivity index (χ1v) is 4.33. The van der Waals surface area contributed by atoms with E-state index < -0.39 is 18.4 Å². The Hall–Kier alpha value is -1.72. The lowest BCUT2D eigenvalue weighted by atomic mass is 10.3. The smallest absolute Gasteiger partial charge is 0.279 e. The summed E-state index contributed by atoms with van der Waals surface area (Å²) in [4.78, 5) is 10.8. The van der Waals surface area contributed by atoms with Gasteiger partial charge < -0.3 is 5.32 Å².